The first-order valence-corrected chi connectivity index (χ1v) is 8.57. The highest BCUT2D eigenvalue weighted by Crippen LogP contribution is 2.25. The van der Waals surface area contributed by atoms with Crippen LogP contribution in [0.25, 0.3) is 33.9 Å². The Balaban J connectivity index is 1.80. The summed E-state index contributed by atoms with van der Waals surface area (Å²) in [5.41, 5.74) is 3.15. The third-order valence-electron chi connectivity index (χ3n) is 4.34. The second-order valence-corrected chi connectivity index (χ2v) is 6.60. The number of aryl methyl sites for hydroxylation is 1. The normalized spacial score (nSPS) is 11.4. The molecule has 0 amide bonds. The Morgan fingerprint density at radius 3 is 2.44 bits per heavy atom. The van der Waals surface area contributed by atoms with E-state index < -0.39 is 0 Å². The minimum atomic E-state index is -0.328. The molecule has 4 aromatic rings. The summed E-state index contributed by atoms with van der Waals surface area (Å²) in [7, 11) is 0. The maximum Gasteiger partial charge on any atom is 0.272 e. The van der Waals surface area contributed by atoms with Crippen LogP contribution in [0.1, 0.15) is 25.6 Å². The summed E-state index contributed by atoms with van der Waals surface area (Å²) < 4.78 is 20.1. The minimum Gasteiger partial charge on any atom is -0.334 e. The molecule has 6 nitrogen and oxygen atoms in total. The van der Waals surface area contributed by atoms with Crippen LogP contribution in [0.5, 0.6) is 0 Å². The molecule has 2 aromatic heterocycles. The number of halogens is 1. The summed E-state index contributed by atoms with van der Waals surface area (Å²) in [6, 6.07) is 11.4. The zero-order valence-electron chi connectivity index (χ0n) is 15.1. The molecule has 2 heterocycles. The van der Waals surface area contributed by atoms with Gasteiger partial charge < -0.3 is 9.09 Å². The van der Waals surface area contributed by atoms with E-state index in [0.717, 1.165) is 11.1 Å². The predicted octanol–water partition coefficient (Wildman–Crippen LogP) is 4.14. The SMILES string of the molecule is Cc1nc2cc(-c3noc(-c4ccc(F)cc4)n3)ccc2n(C(C)C)c1=O. The lowest BCUT2D eigenvalue weighted by molar-refractivity contribution is 0.432. The van der Waals surface area contributed by atoms with Gasteiger partial charge in [0.25, 0.3) is 11.4 Å². The average Bonchev–Trinajstić information content (AvgIpc) is 3.13. The highest BCUT2D eigenvalue weighted by atomic mass is 19.1. The molecule has 4 rings (SSSR count). The molecule has 0 saturated heterocycles. The van der Waals surface area contributed by atoms with Crippen LogP contribution in [0, 0.1) is 12.7 Å². The van der Waals surface area contributed by atoms with Crippen molar-refractivity contribution in [2.45, 2.75) is 26.8 Å². The summed E-state index contributed by atoms with van der Waals surface area (Å²) in [6.45, 7) is 5.62. The number of rotatable bonds is 3. The lowest BCUT2D eigenvalue weighted by Gasteiger charge is -2.14. The highest BCUT2D eigenvalue weighted by Gasteiger charge is 2.15. The molecule has 0 aliphatic carbocycles. The van der Waals surface area contributed by atoms with Gasteiger partial charge in [-0.15, -0.1) is 0 Å². The Labute approximate surface area is 154 Å². The van der Waals surface area contributed by atoms with Gasteiger partial charge in [-0.05, 0) is 63.2 Å². The van der Waals surface area contributed by atoms with E-state index in [0.29, 0.717) is 28.5 Å². The summed E-state index contributed by atoms with van der Waals surface area (Å²) in [4.78, 5) is 21.2. The first-order chi connectivity index (χ1) is 12.9. The van der Waals surface area contributed by atoms with Crippen LogP contribution in [0.3, 0.4) is 0 Å². The second kappa shape index (κ2) is 6.42. The van der Waals surface area contributed by atoms with Crippen molar-refractivity contribution in [3.05, 3.63) is 64.3 Å². The van der Waals surface area contributed by atoms with E-state index in [9.17, 15) is 9.18 Å². The molecule has 0 unspecified atom stereocenters. The van der Waals surface area contributed by atoms with Gasteiger partial charge in [0.15, 0.2) is 0 Å². The molecule has 0 aliphatic rings. The van der Waals surface area contributed by atoms with Gasteiger partial charge in [-0.2, -0.15) is 4.98 Å². The van der Waals surface area contributed by atoms with Crippen molar-refractivity contribution in [3.8, 4) is 22.8 Å². The molecule has 0 atom stereocenters. The maximum atomic E-state index is 13.1. The van der Waals surface area contributed by atoms with E-state index in [-0.39, 0.29) is 17.4 Å². The van der Waals surface area contributed by atoms with Gasteiger partial charge in [-0.3, -0.25) is 4.79 Å². The van der Waals surface area contributed by atoms with E-state index in [1.807, 2.05) is 32.0 Å². The monoisotopic (exact) mass is 364 g/mol. The standard InChI is InChI=1S/C20H17FN4O2/c1-11(2)25-17-9-6-14(10-16(17)22-12(3)20(25)26)18-23-19(27-24-18)13-4-7-15(21)8-5-13/h4-11H,1-3H3. The average molecular weight is 364 g/mol. The summed E-state index contributed by atoms with van der Waals surface area (Å²) in [6.07, 6.45) is 0. The lowest BCUT2D eigenvalue weighted by Crippen LogP contribution is -2.25. The number of hydrogen-bond acceptors (Lipinski definition) is 5. The van der Waals surface area contributed by atoms with Crippen molar-refractivity contribution in [3.63, 3.8) is 0 Å². The Morgan fingerprint density at radius 2 is 1.74 bits per heavy atom. The van der Waals surface area contributed by atoms with Gasteiger partial charge >= 0.3 is 0 Å². The lowest BCUT2D eigenvalue weighted by atomic mass is 10.1. The molecule has 0 bridgehead atoms. The fourth-order valence-corrected chi connectivity index (χ4v) is 3.03. The van der Waals surface area contributed by atoms with Crippen molar-refractivity contribution in [1.82, 2.24) is 19.7 Å². The predicted molar refractivity (Wildman–Crippen MR) is 99.8 cm³/mol. The van der Waals surface area contributed by atoms with Crippen LogP contribution in [0.15, 0.2) is 51.8 Å². The van der Waals surface area contributed by atoms with E-state index >= 15 is 0 Å². The van der Waals surface area contributed by atoms with Crippen molar-refractivity contribution in [2.75, 3.05) is 0 Å². The van der Waals surface area contributed by atoms with Gasteiger partial charge in [-0.25, -0.2) is 9.37 Å². The third-order valence-corrected chi connectivity index (χ3v) is 4.34. The molecule has 27 heavy (non-hydrogen) atoms. The van der Waals surface area contributed by atoms with Crippen LogP contribution < -0.4 is 5.56 Å². The smallest absolute Gasteiger partial charge is 0.272 e. The first kappa shape index (κ1) is 17.1. The van der Waals surface area contributed by atoms with Crippen molar-refractivity contribution < 1.29 is 8.91 Å². The van der Waals surface area contributed by atoms with Gasteiger partial charge in [-0.1, -0.05) is 5.16 Å². The van der Waals surface area contributed by atoms with Crippen molar-refractivity contribution in [1.29, 1.82) is 0 Å². The number of benzene rings is 2. The zero-order chi connectivity index (χ0) is 19.1. The summed E-state index contributed by atoms with van der Waals surface area (Å²) in [5, 5.41) is 4.01. The summed E-state index contributed by atoms with van der Waals surface area (Å²) in [5.74, 6) is 0.380. The zero-order valence-corrected chi connectivity index (χ0v) is 15.1. The minimum absolute atomic E-state index is 0.0165. The van der Waals surface area contributed by atoms with E-state index in [1.54, 1.807) is 23.6 Å². The van der Waals surface area contributed by atoms with Crippen LogP contribution >= 0.6 is 0 Å². The van der Waals surface area contributed by atoms with Gasteiger partial charge in [0.2, 0.25) is 5.82 Å². The number of hydrogen-bond donors (Lipinski definition) is 0. The third kappa shape index (κ3) is 3.01. The maximum absolute atomic E-state index is 13.1. The molecule has 0 spiro atoms. The van der Waals surface area contributed by atoms with E-state index in [1.165, 1.54) is 12.1 Å². The van der Waals surface area contributed by atoms with E-state index in [4.69, 9.17) is 4.52 Å². The second-order valence-electron chi connectivity index (χ2n) is 6.60. The Bertz CT molecular complexity index is 1190. The molecule has 0 N–H and O–H groups in total. The molecule has 0 saturated carbocycles. The van der Waals surface area contributed by atoms with Crippen LogP contribution in [-0.4, -0.2) is 19.7 Å². The molecule has 7 heteroatoms. The number of fused-ring (bicyclic) bond motifs is 1. The molecule has 136 valence electrons. The van der Waals surface area contributed by atoms with Gasteiger partial charge in [0.1, 0.15) is 11.5 Å². The molecular weight excluding hydrogens is 347 g/mol. The Morgan fingerprint density at radius 1 is 1.04 bits per heavy atom. The van der Waals surface area contributed by atoms with Crippen molar-refractivity contribution >= 4 is 11.0 Å². The molecule has 0 radical (unpaired) electrons. The Hall–Kier alpha value is -3.35. The van der Waals surface area contributed by atoms with Crippen LogP contribution in [0.2, 0.25) is 0 Å². The number of aromatic nitrogens is 4. The summed E-state index contributed by atoms with van der Waals surface area (Å²) >= 11 is 0. The molecule has 0 aliphatic heterocycles. The molecule has 2 aromatic carbocycles. The first-order valence-electron chi connectivity index (χ1n) is 8.57. The fraction of sp³-hybridized carbons (Fsp3) is 0.200. The number of nitrogens with zero attached hydrogens (tertiary/aromatic N) is 4. The van der Waals surface area contributed by atoms with Gasteiger partial charge in [0.05, 0.1) is 11.0 Å². The largest absolute Gasteiger partial charge is 0.334 e. The van der Waals surface area contributed by atoms with E-state index in [2.05, 4.69) is 15.1 Å². The molecule has 0 fully saturated rings. The van der Waals surface area contributed by atoms with Crippen LogP contribution in [-0.2, 0) is 0 Å². The Kier molecular flexibility index (Phi) is 4.07. The topological polar surface area (TPSA) is 73.8 Å². The van der Waals surface area contributed by atoms with Crippen molar-refractivity contribution in [2.24, 2.45) is 0 Å². The van der Waals surface area contributed by atoms with Crippen LogP contribution in [0.4, 0.5) is 4.39 Å². The highest BCUT2D eigenvalue weighted by molar-refractivity contribution is 5.80. The molecular formula is C20H17FN4O2. The fourth-order valence-electron chi connectivity index (χ4n) is 3.03. The quantitative estimate of drug-likeness (QED) is 0.546. The van der Waals surface area contributed by atoms with Gasteiger partial charge in [0, 0.05) is 17.2 Å².